The number of nitrogens with zero attached hydrogens (tertiary/aromatic N) is 3. The Hall–Kier alpha value is -4.53. The summed E-state index contributed by atoms with van der Waals surface area (Å²) in [5.74, 6) is -0.00937. The number of alkyl halides is 3. The second-order valence-corrected chi connectivity index (χ2v) is 9.78. The Morgan fingerprint density at radius 2 is 1.65 bits per heavy atom. The molecule has 4 aromatic rings. The molecule has 1 aliphatic heterocycles. The summed E-state index contributed by atoms with van der Waals surface area (Å²) < 4.78 is 38.2. The molecule has 2 amide bonds. The molecule has 2 heterocycles. The molecule has 1 aliphatic rings. The van der Waals surface area contributed by atoms with Crippen molar-refractivity contribution in [1.29, 1.82) is 0 Å². The van der Waals surface area contributed by atoms with E-state index in [1.807, 2.05) is 53.4 Å². The van der Waals surface area contributed by atoms with Gasteiger partial charge in [0.2, 0.25) is 5.91 Å². The van der Waals surface area contributed by atoms with Crippen LogP contribution >= 0.6 is 0 Å². The fourth-order valence-corrected chi connectivity index (χ4v) is 4.90. The van der Waals surface area contributed by atoms with Gasteiger partial charge in [-0.1, -0.05) is 36.4 Å². The molecule has 1 fully saturated rings. The molecular weight excluding hydrogens is 517 g/mol. The first-order valence-electron chi connectivity index (χ1n) is 13.0. The molecule has 0 radical (unpaired) electrons. The highest BCUT2D eigenvalue weighted by molar-refractivity contribution is 5.95. The number of carbonyl (C=O) groups excluding carboxylic acids is 2. The highest BCUT2D eigenvalue weighted by Crippen LogP contribution is 2.31. The maximum Gasteiger partial charge on any atom is 0.416 e. The molecule has 3 aromatic carbocycles. The van der Waals surface area contributed by atoms with Crippen LogP contribution in [0, 0.1) is 0 Å². The van der Waals surface area contributed by atoms with Crippen molar-refractivity contribution in [3.05, 3.63) is 114 Å². The first-order valence-corrected chi connectivity index (χ1v) is 13.0. The van der Waals surface area contributed by atoms with Crippen molar-refractivity contribution in [2.24, 2.45) is 0 Å². The summed E-state index contributed by atoms with van der Waals surface area (Å²) in [6.07, 6.45) is 2.14. The molecule has 9 heteroatoms. The second-order valence-electron chi connectivity index (χ2n) is 9.78. The van der Waals surface area contributed by atoms with Gasteiger partial charge in [-0.2, -0.15) is 13.2 Å². The standard InChI is InChI=1S/C31H27F3N4O2/c32-31(33,34)26-8-4-21(5-9-26)18-29(39)37-27-10-6-22(7-11-27)23-12-16-38(17-13-23)30(40)25-3-1-2-24(19-25)28-20-35-14-15-36-28/h1-11,14-15,19-20,23H,12-13,16-18H2,(H,37,39). The second kappa shape index (κ2) is 11.7. The van der Waals surface area contributed by atoms with Crippen molar-refractivity contribution < 1.29 is 22.8 Å². The number of piperidine rings is 1. The Balaban J connectivity index is 1.13. The minimum Gasteiger partial charge on any atom is -0.339 e. The van der Waals surface area contributed by atoms with Crippen molar-refractivity contribution in [2.45, 2.75) is 31.4 Å². The Kier molecular flexibility index (Phi) is 7.91. The van der Waals surface area contributed by atoms with Gasteiger partial charge in [0.05, 0.1) is 23.9 Å². The molecule has 0 unspecified atom stereocenters. The molecule has 1 saturated heterocycles. The van der Waals surface area contributed by atoms with Crippen LogP contribution in [0.25, 0.3) is 11.3 Å². The molecule has 5 rings (SSSR count). The van der Waals surface area contributed by atoms with Gasteiger partial charge < -0.3 is 10.2 Å². The van der Waals surface area contributed by atoms with Crippen LogP contribution in [0.2, 0.25) is 0 Å². The van der Waals surface area contributed by atoms with Crippen molar-refractivity contribution in [1.82, 2.24) is 14.9 Å². The molecule has 0 aliphatic carbocycles. The van der Waals surface area contributed by atoms with Gasteiger partial charge in [0.15, 0.2) is 0 Å². The highest BCUT2D eigenvalue weighted by atomic mass is 19.4. The minimum absolute atomic E-state index is 0.00435. The van der Waals surface area contributed by atoms with E-state index >= 15 is 0 Å². The van der Waals surface area contributed by atoms with Gasteiger partial charge in [0.25, 0.3) is 5.91 Å². The zero-order valence-electron chi connectivity index (χ0n) is 21.6. The molecule has 0 spiro atoms. The topological polar surface area (TPSA) is 75.2 Å². The van der Waals surface area contributed by atoms with E-state index in [4.69, 9.17) is 0 Å². The molecule has 204 valence electrons. The monoisotopic (exact) mass is 544 g/mol. The number of nitrogens with one attached hydrogen (secondary N) is 1. The van der Waals surface area contributed by atoms with E-state index < -0.39 is 11.7 Å². The van der Waals surface area contributed by atoms with Gasteiger partial charge in [-0.15, -0.1) is 0 Å². The van der Waals surface area contributed by atoms with Gasteiger partial charge in [-0.3, -0.25) is 19.6 Å². The third kappa shape index (κ3) is 6.54. The average molecular weight is 545 g/mol. The number of likely N-dealkylation sites (tertiary alicyclic amines) is 1. The average Bonchev–Trinajstić information content (AvgIpc) is 2.97. The minimum atomic E-state index is -4.40. The van der Waals surface area contributed by atoms with Crippen LogP contribution in [-0.4, -0.2) is 39.8 Å². The summed E-state index contributed by atoms with van der Waals surface area (Å²) in [5, 5.41) is 2.80. The summed E-state index contributed by atoms with van der Waals surface area (Å²) in [6, 6.07) is 19.6. The zero-order valence-corrected chi connectivity index (χ0v) is 21.6. The van der Waals surface area contributed by atoms with Crippen LogP contribution in [0.5, 0.6) is 0 Å². The van der Waals surface area contributed by atoms with Crippen molar-refractivity contribution in [3.8, 4) is 11.3 Å². The molecule has 6 nitrogen and oxygen atoms in total. The molecular formula is C31H27F3N4O2. The number of hydrogen-bond acceptors (Lipinski definition) is 4. The number of aromatic nitrogens is 2. The summed E-state index contributed by atoms with van der Waals surface area (Å²) >= 11 is 0. The third-order valence-electron chi connectivity index (χ3n) is 7.06. The number of carbonyl (C=O) groups is 2. The van der Waals surface area contributed by atoms with E-state index in [9.17, 15) is 22.8 Å². The summed E-state index contributed by atoms with van der Waals surface area (Å²) in [5.41, 5.74) is 3.71. The van der Waals surface area contributed by atoms with E-state index in [1.165, 1.54) is 12.1 Å². The first-order chi connectivity index (χ1) is 19.3. The van der Waals surface area contributed by atoms with Gasteiger partial charge >= 0.3 is 6.18 Å². The van der Waals surface area contributed by atoms with Crippen LogP contribution < -0.4 is 5.32 Å². The zero-order chi connectivity index (χ0) is 28.1. The lowest BCUT2D eigenvalue weighted by Crippen LogP contribution is -2.37. The fraction of sp³-hybridized carbons (Fsp3) is 0.226. The first kappa shape index (κ1) is 27.1. The molecule has 0 atom stereocenters. The predicted octanol–water partition coefficient (Wildman–Crippen LogP) is 6.36. The van der Waals surface area contributed by atoms with Gasteiger partial charge in [0.1, 0.15) is 0 Å². The number of anilines is 1. The molecule has 0 bridgehead atoms. The molecule has 40 heavy (non-hydrogen) atoms. The third-order valence-corrected chi connectivity index (χ3v) is 7.06. The van der Waals surface area contributed by atoms with Crippen molar-refractivity contribution in [2.75, 3.05) is 18.4 Å². The number of amides is 2. The summed E-state index contributed by atoms with van der Waals surface area (Å²) in [6.45, 7) is 1.29. The summed E-state index contributed by atoms with van der Waals surface area (Å²) in [4.78, 5) is 35.8. The fourth-order valence-electron chi connectivity index (χ4n) is 4.90. The highest BCUT2D eigenvalue weighted by Gasteiger charge is 2.30. The maximum atomic E-state index is 13.2. The lowest BCUT2D eigenvalue weighted by Gasteiger charge is -2.32. The molecule has 1 N–H and O–H groups in total. The number of hydrogen-bond donors (Lipinski definition) is 1. The summed E-state index contributed by atoms with van der Waals surface area (Å²) in [7, 11) is 0. The van der Waals surface area contributed by atoms with Gasteiger partial charge in [0, 0.05) is 42.3 Å². The van der Waals surface area contributed by atoms with Gasteiger partial charge in [-0.25, -0.2) is 0 Å². The predicted molar refractivity (Wildman–Crippen MR) is 146 cm³/mol. The van der Waals surface area contributed by atoms with Crippen LogP contribution in [0.1, 0.15) is 45.8 Å². The lowest BCUT2D eigenvalue weighted by molar-refractivity contribution is -0.137. The van der Waals surface area contributed by atoms with Crippen LogP contribution in [0.4, 0.5) is 18.9 Å². The normalized spacial score (nSPS) is 14.1. The van der Waals surface area contributed by atoms with Crippen LogP contribution in [-0.2, 0) is 17.4 Å². The van der Waals surface area contributed by atoms with Gasteiger partial charge in [-0.05, 0) is 66.3 Å². The molecule has 0 saturated carbocycles. The number of halogens is 3. The van der Waals surface area contributed by atoms with E-state index in [1.54, 1.807) is 18.6 Å². The largest absolute Gasteiger partial charge is 0.416 e. The van der Waals surface area contributed by atoms with E-state index in [0.717, 1.165) is 41.8 Å². The van der Waals surface area contributed by atoms with Crippen molar-refractivity contribution in [3.63, 3.8) is 0 Å². The van der Waals surface area contributed by atoms with Crippen molar-refractivity contribution >= 4 is 17.5 Å². The van der Waals surface area contributed by atoms with E-state index in [2.05, 4.69) is 15.3 Å². The quantitative estimate of drug-likeness (QED) is 0.306. The number of rotatable bonds is 6. The smallest absolute Gasteiger partial charge is 0.339 e. The van der Waals surface area contributed by atoms with E-state index in [0.29, 0.717) is 35.8 Å². The lowest BCUT2D eigenvalue weighted by atomic mass is 9.89. The number of benzene rings is 3. The maximum absolute atomic E-state index is 13.2. The Morgan fingerprint density at radius 1 is 0.925 bits per heavy atom. The molecule has 1 aromatic heterocycles. The van der Waals surface area contributed by atoms with Crippen LogP contribution in [0.3, 0.4) is 0 Å². The van der Waals surface area contributed by atoms with E-state index in [-0.39, 0.29) is 18.2 Å². The SMILES string of the molecule is O=C(Cc1ccc(C(F)(F)F)cc1)Nc1ccc(C2CCN(C(=O)c3cccc(-c4cnccn4)c3)CC2)cc1. The Morgan fingerprint density at radius 3 is 2.30 bits per heavy atom. The van der Waals surface area contributed by atoms with Crippen LogP contribution in [0.15, 0.2) is 91.4 Å². The Bertz CT molecular complexity index is 1470. The Labute approximate surface area is 229 Å².